The van der Waals surface area contributed by atoms with Crippen molar-refractivity contribution < 1.29 is 14.3 Å². The van der Waals surface area contributed by atoms with Gasteiger partial charge in [0.15, 0.2) is 0 Å². The van der Waals surface area contributed by atoms with E-state index < -0.39 is 0 Å². The van der Waals surface area contributed by atoms with Crippen LogP contribution in [0.15, 0.2) is 24.3 Å². The van der Waals surface area contributed by atoms with Gasteiger partial charge in [-0.3, -0.25) is 4.79 Å². The predicted octanol–water partition coefficient (Wildman–Crippen LogP) is 1.81. The van der Waals surface area contributed by atoms with Gasteiger partial charge in [0, 0.05) is 25.3 Å². The molecular weight excluding hydrogens is 268 g/mol. The summed E-state index contributed by atoms with van der Waals surface area (Å²) in [5, 5.41) is 2.77. The third-order valence-electron chi connectivity index (χ3n) is 2.20. The van der Waals surface area contributed by atoms with E-state index in [-0.39, 0.29) is 24.4 Å². The molecule has 0 aliphatic heterocycles. The van der Waals surface area contributed by atoms with Crippen LogP contribution in [0.25, 0.3) is 0 Å². The summed E-state index contributed by atoms with van der Waals surface area (Å²) in [6.07, 6.45) is 0.312. The molecule has 1 atom stereocenters. The number of carbonyl (C=O) groups excluding carboxylic acids is 1. The van der Waals surface area contributed by atoms with Gasteiger partial charge in [0.25, 0.3) is 0 Å². The van der Waals surface area contributed by atoms with Gasteiger partial charge >= 0.3 is 0 Å². The van der Waals surface area contributed by atoms with Gasteiger partial charge in [-0.1, -0.05) is 0 Å². The average molecular weight is 289 g/mol. The SMILES string of the molecule is COCCOc1ccc(NC(=O)CC(C)N)cc1.Cl. The van der Waals surface area contributed by atoms with Crippen molar-refractivity contribution >= 4 is 24.0 Å². The maximum Gasteiger partial charge on any atom is 0.225 e. The van der Waals surface area contributed by atoms with E-state index in [2.05, 4.69) is 5.32 Å². The summed E-state index contributed by atoms with van der Waals surface area (Å²) in [4.78, 5) is 11.5. The average Bonchev–Trinajstić information content (AvgIpc) is 2.30. The lowest BCUT2D eigenvalue weighted by atomic mass is 10.2. The Morgan fingerprint density at radius 3 is 2.47 bits per heavy atom. The number of methoxy groups -OCH3 is 1. The standard InChI is InChI=1S/C13H20N2O3.ClH/c1-10(14)9-13(16)15-11-3-5-12(6-4-11)18-8-7-17-2;/h3-6,10H,7-9,14H2,1-2H3,(H,15,16);1H. The minimum atomic E-state index is -0.137. The molecule has 0 spiro atoms. The Labute approximate surface area is 119 Å². The molecule has 6 heteroatoms. The molecule has 5 nitrogen and oxygen atoms in total. The maximum atomic E-state index is 11.5. The number of benzene rings is 1. The molecule has 3 N–H and O–H groups in total. The number of hydrogen-bond donors (Lipinski definition) is 2. The molecule has 0 aliphatic rings. The molecule has 1 rings (SSSR count). The number of anilines is 1. The molecule has 19 heavy (non-hydrogen) atoms. The van der Waals surface area contributed by atoms with Gasteiger partial charge in [-0.05, 0) is 31.2 Å². The largest absolute Gasteiger partial charge is 0.491 e. The lowest BCUT2D eigenvalue weighted by Gasteiger charge is -2.09. The minimum absolute atomic E-state index is 0. The highest BCUT2D eigenvalue weighted by atomic mass is 35.5. The molecule has 0 aliphatic carbocycles. The number of halogens is 1. The summed E-state index contributed by atoms with van der Waals surface area (Å²) in [5.41, 5.74) is 6.28. The number of rotatable bonds is 7. The number of hydrogen-bond acceptors (Lipinski definition) is 4. The molecule has 0 fully saturated rings. The van der Waals surface area contributed by atoms with Crippen LogP contribution in [0, 0.1) is 0 Å². The molecule has 1 aromatic carbocycles. The summed E-state index contributed by atoms with van der Waals surface area (Å²) < 4.78 is 10.3. The van der Waals surface area contributed by atoms with E-state index in [4.69, 9.17) is 15.2 Å². The van der Waals surface area contributed by atoms with Gasteiger partial charge in [0.05, 0.1) is 6.61 Å². The summed E-state index contributed by atoms with van der Waals surface area (Å²) >= 11 is 0. The number of nitrogens with two attached hydrogens (primary N) is 1. The first-order chi connectivity index (χ1) is 8.61. The second-order valence-corrected chi connectivity index (χ2v) is 4.10. The fourth-order valence-electron chi connectivity index (χ4n) is 1.38. The Morgan fingerprint density at radius 2 is 1.95 bits per heavy atom. The highest BCUT2D eigenvalue weighted by Gasteiger charge is 2.05. The van der Waals surface area contributed by atoms with Crippen LogP contribution in [0.2, 0.25) is 0 Å². The Kier molecular flexibility index (Phi) is 8.95. The first kappa shape index (κ1) is 17.7. The second-order valence-electron chi connectivity index (χ2n) is 4.10. The number of nitrogens with one attached hydrogen (secondary N) is 1. The van der Waals surface area contributed by atoms with Crippen molar-refractivity contribution in [3.8, 4) is 5.75 Å². The summed E-state index contributed by atoms with van der Waals surface area (Å²) in [7, 11) is 1.63. The Bertz CT molecular complexity index is 369. The fraction of sp³-hybridized carbons (Fsp3) is 0.462. The first-order valence-electron chi connectivity index (χ1n) is 5.89. The highest BCUT2D eigenvalue weighted by Crippen LogP contribution is 2.15. The summed E-state index contributed by atoms with van der Waals surface area (Å²) in [5.74, 6) is 0.662. The monoisotopic (exact) mass is 288 g/mol. The Balaban J connectivity index is 0.00000324. The zero-order chi connectivity index (χ0) is 13.4. The zero-order valence-corrected chi connectivity index (χ0v) is 12.0. The van der Waals surface area contributed by atoms with E-state index in [1.807, 2.05) is 0 Å². The molecule has 1 amide bonds. The summed E-state index contributed by atoms with van der Waals surface area (Å²) in [6, 6.07) is 7.05. The lowest BCUT2D eigenvalue weighted by molar-refractivity contribution is -0.116. The van der Waals surface area contributed by atoms with E-state index in [1.165, 1.54) is 0 Å². The second kappa shape index (κ2) is 9.61. The lowest BCUT2D eigenvalue weighted by Crippen LogP contribution is -2.23. The molecule has 0 heterocycles. The molecule has 1 unspecified atom stereocenters. The quantitative estimate of drug-likeness (QED) is 0.751. The smallest absolute Gasteiger partial charge is 0.225 e. The normalized spacial score (nSPS) is 11.3. The molecule has 108 valence electrons. The maximum absolute atomic E-state index is 11.5. The number of amides is 1. The molecule has 0 saturated carbocycles. The fourth-order valence-corrected chi connectivity index (χ4v) is 1.38. The van der Waals surface area contributed by atoms with Crippen LogP contribution in [0.1, 0.15) is 13.3 Å². The third-order valence-corrected chi connectivity index (χ3v) is 2.20. The number of ether oxygens (including phenoxy) is 2. The van der Waals surface area contributed by atoms with Crippen LogP contribution in [0.3, 0.4) is 0 Å². The number of carbonyl (C=O) groups is 1. The Morgan fingerprint density at radius 1 is 1.32 bits per heavy atom. The van der Waals surface area contributed by atoms with E-state index in [0.29, 0.717) is 19.6 Å². The van der Waals surface area contributed by atoms with Crippen LogP contribution in [-0.4, -0.2) is 32.3 Å². The van der Waals surface area contributed by atoms with Crippen molar-refractivity contribution in [3.63, 3.8) is 0 Å². The molecular formula is C13H21ClN2O3. The van der Waals surface area contributed by atoms with E-state index >= 15 is 0 Å². The van der Waals surface area contributed by atoms with Crippen LogP contribution in [0.5, 0.6) is 5.75 Å². The zero-order valence-electron chi connectivity index (χ0n) is 11.2. The molecule has 0 aromatic heterocycles. The van der Waals surface area contributed by atoms with Gasteiger partial charge in [-0.2, -0.15) is 0 Å². The van der Waals surface area contributed by atoms with E-state index in [0.717, 1.165) is 11.4 Å². The van der Waals surface area contributed by atoms with Gasteiger partial charge in [-0.25, -0.2) is 0 Å². The van der Waals surface area contributed by atoms with E-state index in [9.17, 15) is 4.79 Å². The van der Waals surface area contributed by atoms with Crippen LogP contribution >= 0.6 is 12.4 Å². The van der Waals surface area contributed by atoms with Crippen molar-refractivity contribution in [2.45, 2.75) is 19.4 Å². The van der Waals surface area contributed by atoms with Crippen molar-refractivity contribution in [1.82, 2.24) is 0 Å². The predicted molar refractivity (Wildman–Crippen MR) is 78.0 cm³/mol. The minimum Gasteiger partial charge on any atom is -0.491 e. The highest BCUT2D eigenvalue weighted by molar-refractivity contribution is 5.91. The van der Waals surface area contributed by atoms with Crippen molar-refractivity contribution in [2.24, 2.45) is 5.73 Å². The topological polar surface area (TPSA) is 73.6 Å². The summed E-state index contributed by atoms with van der Waals surface area (Å²) in [6.45, 7) is 2.85. The third kappa shape index (κ3) is 7.66. The van der Waals surface area contributed by atoms with Crippen molar-refractivity contribution in [2.75, 3.05) is 25.6 Å². The van der Waals surface area contributed by atoms with Crippen molar-refractivity contribution in [1.29, 1.82) is 0 Å². The van der Waals surface area contributed by atoms with Gasteiger partial charge in [-0.15, -0.1) is 12.4 Å². The van der Waals surface area contributed by atoms with Crippen molar-refractivity contribution in [3.05, 3.63) is 24.3 Å². The molecule has 0 saturated heterocycles. The van der Waals surface area contributed by atoms with E-state index in [1.54, 1.807) is 38.3 Å². The van der Waals surface area contributed by atoms with Gasteiger partial charge in [0.1, 0.15) is 12.4 Å². The van der Waals surface area contributed by atoms with Crippen LogP contribution in [-0.2, 0) is 9.53 Å². The van der Waals surface area contributed by atoms with Gasteiger partial charge in [0.2, 0.25) is 5.91 Å². The van der Waals surface area contributed by atoms with Crippen LogP contribution in [0.4, 0.5) is 5.69 Å². The van der Waals surface area contributed by atoms with Crippen LogP contribution < -0.4 is 15.8 Å². The first-order valence-corrected chi connectivity index (χ1v) is 5.89. The molecule has 0 radical (unpaired) electrons. The van der Waals surface area contributed by atoms with Gasteiger partial charge < -0.3 is 20.5 Å². The Hall–Kier alpha value is -1.30. The molecule has 0 bridgehead atoms. The molecule has 1 aromatic rings.